The number of rotatable bonds is 5. The van der Waals surface area contributed by atoms with Gasteiger partial charge < -0.3 is 16.0 Å². The first kappa shape index (κ1) is 21.1. The summed E-state index contributed by atoms with van der Waals surface area (Å²) in [6.07, 6.45) is 5.42. The van der Waals surface area contributed by atoms with Gasteiger partial charge in [0.2, 0.25) is 11.8 Å². The van der Waals surface area contributed by atoms with E-state index in [2.05, 4.69) is 20.4 Å². The topological polar surface area (TPSA) is 90.7 Å². The van der Waals surface area contributed by atoms with Crippen molar-refractivity contribution in [1.29, 1.82) is 0 Å². The van der Waals surface area contributed by atoms with Crippen LogP contribution in [0.2, 0.25) is 0 Å². The maximum atomic E-state index is 14.8. The minimum atomic E-state index is -0.508. The average Bonchev–Trinajstić information content (AvgIpc) is 2.73. The Morgan fingerprint density at radius 2 is 1.80 bits per heavy atom. The van der Waals surface area contributed by atoms with E-state index < -0.39 is 6.04 Å². The SMILES string of the molecule is NC1CCC(CN2CCN(c3ccc(NC4CCC(=O)NC4=O)cc3F)CC2)CC1. The second-order valence-corrected chi connectivity index (χ2v) is 8.88. The predicted molar refractivity (Wildman–Crippen MR) is 115 cm³/mol. The van der Waals surface area contributed by atoms with E-state index in [9.17, 15) is 14.0 Å². The van der Waals surface area contributed by atoms with Crippen molar-refractivity contribution in [2.24, 2.45) is 11.7 Å². The third kappa shape index (κ3) is 5.10. The van der Waals surface area contributed by atoms with Gasteiger partial charge in [-0.1, -0.05) is 0 Å². The zero-order valence-corrected chi connectivity index (χ0v) is 17.4. The molecule has 1 aromatic rings. The van der Waals surface area contributed by atoms with E-state index in [1.165, 1.54) is 18.9 Å². The normalized spacial score (nSPS) is 28.3. The van der Waals surface area contributed by atoms with Crippen LogP contribution in [0.15, 0.2) is 18.2 Å². The molecule has 2 aliphatic heterocycles. The van der Waals surface area contributed by atoms with Crippen molar-refractivity contribution in [2.75, 3.05) is 42.9 Å². The van der Waals surface area contributed by atoms with Crippen LogP contribution >= 0.6 is 0 Å². The molecule has 164 valence electrons. The van der Waals surface area contributed by atoms with Gasteiger partial charge in [-0.15, -0.1) is 0 Å². The molecule has 2 saturated heterocycles. The van der Waals surface area contributed by atoms with Crippen LogP contribution in [0.5, 0.6) is 0 Å². The lowest BCUT2D eigenvalue weighted by molar-refractivity contribution is -0.133. The molecule has 4 N–H and O–H groups in total. The first-order chi connectivity index (χ1) is 14.5. The quantitative estimate of drug-likeness (QED) is 0.632. The van der Waals surface area contributed by atoms with Gasteiger partial charge in [-0.3, -0.25) is 19.8 Å². The van der Waals surface area contributed by atoms with E-state index in [0.717, 1.165) is 51.5 Å². The number of carbonyl (C=O) groups is 2. The molecule has 1 aromatic carbocycles. The van der Waals surface area contributed by atoms with Gasteiger partial charge in [0, 0.05) is 50.9 Å². The molecule has 2 amide bonds. The molecule has 3 aliphatic rings. The zero-order valence-electron chi connectivity index (χ0n) is 17.4. The molecule has 3 fully saturated rings. The Labute approximate surface area is 177 Å². The van der Waals surface area contributed by atoms with Crippen molar-refractivity contribution >= 4 is 23.2 Å². The lowest BCUT2D eigenvalue weighted by atomic mass is 9.86. The number of halogens is 1. The highest BCUT2D eigenvalue weighted by atomic mass is 19.1. The minimum absolute atomic E-state index is 0.259. The molecule has 4 rings (SSSR count). The molecule has 30 heavy (non-hydrogen) atoms. The van der Waals surface area contributed by atoms with Crippen LogP contribution in [0.3, 0.4) is 0 Å². The summed E-state index contributed by atoms with van der Waals surface area (Å²) in [4.78, 5) is 27.7. The minimum Gasteiger partial charge on any atom is -0.374 e. The number of anilines is 2. The first-order valence-electron chi connectivity index (χ1n) is 11.1. The summed E-state index contributed by atoms with van der Waals surface area (Å²) in [6.45, 7) is 4.63. The summed E-state index contributed by atoms with van der Waals surface area (Å²) in [6, 6.07) is 4.90. The number of piperidine rings is 1. The molecule has 1 saturated carbocycles. The highest BCUT2D eigenvalue weighted by Crippen LogP contribution is 2.27. The van der Waals surface area contributed by atoms with E-state index in [1.54, 1.807) is 12.1 Å². The van der Waals surface area contributed by atoms with E-state index in [4.69, 9.17) is 5.73 Å². The fourth-order valence-corrected chi connectivity index (χ4v) is 4.79. The van der Waals surface area contributed by atoms with E-state index in [1.807, 2.05) is 0 Å². The third-order valence-electron chi connectivity index (χ3n) is 6.65. The Hall–Kier alpha value is -2.19. The van der Waals surface area contributed by atoms with Gasteiger partial charge in [-0.2, -0.15) is 0 Å². The fraction of sp³-hybridized carbons (Fsp3) is 0.636. The summed E-state index contributed by atoms with van der Waals surface area (Å²) in [7, 11) is 0. The molecule has 1 unspecified atom stereocenters. The molecule has 0 radical (unpaired) electrons. The van der Waals surface area contributed by atoms with Gasteiger partial charge in [0.05, 0.1) is 5.69 Å². The monoisotopic (exact) mass is 417 g/mol. The Balaban J connectivity index is 1.29. The van der Waals surface area contributed by atoms with Gasteiger partial charge >= 0.3 is 0 Å². The first-order valence-corrected chi connectivity index (χ1v) is 11.1. The van der Waals surface area contributed by atoms with Gasteiger partial charge in [-0.05, 0) is 56.2 Å². The maximum absolute atomic E-state index is 14.8. The average molecular weight is 418 g/mol. The predicted octanol–water partition coefficient (Wildman–Crippen LogP) is 1.68. The summed E-state index contributed by atoms with van der Waals surface area (Å²) < 4.78 is 14.8. The number of benzene rings is 1. The molecule has 1 atom stereocenters. The zero-order chi connectivity index (χ0) is 21.1. The number of nitrogens with zero attached hydrogens (tertiary/aromatic N) is 2. The van der Waals surface area contributed by atoms with Crippen LogP contribution < -0.4 is 21.3 Å². The number of piperazine rings is 1. The van der Waals surface area contributed by atoms with Crippen LogP contribution in [-0.2, 0) is 9.59 Å². The Morgan fingerprint density at radius 1 is 1.07 bits per heavy atom. The molecule has 2 heterocycles. The van der Waals surface area contributed by atoms with Crippen molar-refractivity contribution < 1.29 is 14.0 Å². The van der Waals surface area contributed by atoms with E-state index in [0.29, 0.717) is 30.3 Å². The Bertz CT molecular complexity index is 773. The van der Waals surface area contributed by atoms with Crippen LogP contribution in [0.4, 0.5) is 15.8 Å². The van der Waals surface area contributed by atoms with Crippen LogP contribution in [0.1, 0.15) is 38.5 Å². The van der Waals surface area contributed by atoms with Crippen LogP contribution in [0, 0.1) is 11.7 Å². The van der Waals surface area contributed by atoms with Crippen molar-refractivity contribution in [3.8, 4) is 0 Å². The smallest absolute Gasteiger partial charge is 0.249 e. The highest BCUT2D eigenvalue weighted by Gasteiger charge is 2.27. The van der Waals surface area contributed by atoms with Crippen LogP contribution in [0.25, 0.3) is 0 Å². The van der Waals surface area contributed by atoms with Crippen molar-refractivity contribution in [1.82, 2.24) is 10.2 Å². The lowest BCUT2D eigenvalue weighted by Gasteiger charge is -2.39. The van der Waals surface area contributed by atoms with Gasteiger partial charge in [-0.25, -0.2) is 4.39 Å². The molecule has 8 heteroatoms. The van der Waals surface area contributed by atoms with E-state index in [-0.39, 0.29) is 17.6 Å². The number of carbonyl (C=O) groups excluding carboxylic acids is 2. The molecular formula is C22H32FN5O2. The molecule has 0 aromatic heterocycles. The summed E-state index contributed by atoms with van der Waals surface area (Å²) in [5, 5.41) is 5.35. The number of nitrogens with two attached hydrogens (primary N) is 1. The van der Waals surface area contributed by atoms with Crippen molar-refractivity contribution in [3.63, 3.8) is 0 Å². The van der Waals surface area contributed by atoms with E-state index >= 15 is 0 Å². The lowest BCUT2D eigenvalue weighted by Crippen LogP contribution is -2.48. The number of hydrogen-bond donors (Lipinski definition) is 3. The van der Waals surface area contributed by atoms with Gasteiger partial charge in [0.25, 0.3) is 0 Å². The fourth-order valence-electron chi connectivity index (χ4n) is 4.79. The largest absolute Gasteiger partial charge is 0.374 e. The summed E-state index contributed by atoms with van der Waals surface area (Å²) in [5.74, 6) is -0.162. The van der Waals surface area contributed by atoms with Crippen molar-refractivity contribution in [2.45, 2.75) is 50.6 Å². The molecule has 0 spiro atoms. The highest BCUT2D eigenvalue weighted by molar-refractivity contribution is 6.01. The maximum Gasteiger partial charge on any atom is 0.249 e. The molecule has 7 nitrogen and oxygen atoms in total. The number of hydrogen-bond acceptors (Lipinski definition) is 6. The number of amides is 2. The standard InChI is InChI=1S/C22H32FN5O2/c23-18-13-17(25-19-6-8-21(29)26-22(19)30)5-7-20(18)28-11-9-27(10-12-28)14-15-1-3-16(24)4-2-15/h5,7,13,15-16,19,25H,1-4,6,8-12,14,24H2,(H,26,29,30). The summed E-state index contributed by atoms with van der Waals surface area (Å²) in [5.41, 5.74) is 7.17. The van der Waals surface area contributed by atoms with Gasteiger partial charge in [0.1, 0.15) is 11.9 Å². The second kappa shape index (κ2) is 9.31. The van der Waals surface area contributed by atoms with Crippen molar-refractivity contribution in [3.05, 3.63) is 24.0 Å². The third-order valence-corrected chi connectivity index (χ3v) is 6.65. The summed E-state index contributed by atoms with van der Waals surface area (Å²) >= 11 is 0. The molecule has 0 bridgehead atoms. The second-order valence-electron chi connectivity index (χ2n) is 8.88. The van der Waals surface area contributed by atoms with Crippen LogP contribution in [-0.4, -0.2) is 61.5 Å². The number of nitrogens with one attached hydrogen (secondary N) is 2. The van der Waals surface area contributed by atoms with Gasteiger partial charge in [0.15, 0.2) is 0 Å². The Morgan fingerprint density at radius 3 is 2.47 bits per heavy atom. The molecule has 1 aliphatic carbocycles. The number of imide groups is 1. The Kier molecular flexibility index (Phi) is 6.53. The molecular weight excluding hydrogens is 385 g/mol.